The summed E-state index contributed by atoms with van der Waals surface area (Å²) >= 11 is 0. The minimum atomic E-state index is -0.836. The number of hydrogen-bond acceptors (Lipinski definition) is 3. The topological polar surface area (TPSA) is 38.5 Å². The molecule has 1 aromatic rings. The lowest BCUT2D eigenvalue weighted by atomic mass is 9.97. The highest BCUT2D eigenvalue weighted by Crippen LogP contribution is 2.20. The van der Waals surface area contributed by atoms with Crippen LogP contribution in [0.4, 0.5) is 8.78 Å². The fraction of sp³-hybridized carbons (Fsp3) is 0.600. The van der Waals surface area contributed by atoms with Crippen molar-refractivity contribution in [3.63, 3.8) is 0 Å². The highest BCUT2D eigenvalue weighted by molar-refractivity contribution is 5.21. The first-order chi connectivity index (χ1) is 9.60. The van der Waals surface area contributed by atoms with Crippen molar-refractivity contribution in [1.82, 2.24) is 4.90 Å². The van der Waals surface area contributed by atoms with E-state index in [1.165, 1.54) is 6.07 Å². The predicted octanol–water partition coefficient (Wildman–Crippen LogP) is 2.32. The van der Waals surface area contributed by atoms with Crippen LogP contribution in [0.15, 0.2) is 18.2 Å². The number of nitrogens with two attached hydrogens (primary N) is 1. The van der Waals surface area contributed by atoms with Crippen molar-refractivity contribution in [2.24, 2.45) is 11.7 Å². The summed E-state index contributed by atoms with van der Waals surface area (Å²) in [6.45, 7) is 3.44. The number of ether oxygens (including phenoxy) is 1. The van der Waals surface area contributed by atoms with E-state index in [2.05, 4.69) is 4.90 Å². The Bertz CT molecular complexity index is 434. The number of rotatable bonds is 5. The average molecular weight is 284 g/mol. The first kappa shape index (κ1) is 15.4. The minimum absolute atomic E-state index is 0.288. The third-order valence-electron chi connectivity index (χ3n) is 3.94. The van der Waals surface area contributed by atoms with Crippen molar-refractivity contribution in [2.75, 3.05) is 33.4 Å². The maximum Gasteiger partial charge on any atom is 0.159 e. The van der Waals surface area contributed by atoms with Crippen LogP contribution in [0.1, 0.15) is 24.4 Å². The molecule has 3 nitrogen and oxygen atoms in total. The highest BCUT2D eigenvalue weighted by atomic mass is 19.2. The molecule has 20 heavy (non-hydrogen) atoms. The summed E-state index contributed by atoms with van der Waals surface area (Å²) in [6.07, 6.45) is 2.19. The molecule has 0 radical (unpaired) electrons. The molecule has 112 valence electrons. The zero-order chi connectivity index (χ0) is 14.5. The summed E-state index contributed by atoms with van der Waals surface area (Å²) in [5.74, 6) is -1.05. The van der Waals surface area contributed by atoms with Gasteiger partial charge in [0.05, 0.1) is 0 Å². The van der Waals surface area contributed by atoms with E-state index in [0.29, 0.717) is 18.0 Å². The summed E-state index contributed by atoms with van der Waals surface area (Å²) in [7, 11) is 1.73. The quantitative estimate of drug-likeness (QED) is 0.902. The molecule has 0 spiro atoms. The van der Waals surface area contributed by atoms with Crippen LogP contribution in [0, 0.1) is 17.6 Å². The fourth-order valence-corrected chi connectivity index (χ4v) is 2.70. The number of nitrogens with zero attached hydrogens (tertiary/aromatic N) is 1. The van der Waals surface area contributed by atoms with Crippen molar-refractivity contribution in [3.8, 4) is 0 Å². The second kappa shape index (κ2) is 7.11. The van der Waals surface area contributed by atoms with Crippen LogP contribution >= 0.6 is 0 Å². The molecule has 1 saturated heterocycles. The van der Waals surface area contributed by atoms with E-state index in [1.807, 2.05) is 0 Å². The molecule has 0 saturated carbocycles. The molecular formula is C15H22F2N2O. The van der Waals surface area contributed by atoms with Crippen LogP contribution < -0.4 is 5.73 Å². The Morgan fingerprint density at radius 1 is 1.30 bits per heavy atom. The maximum atomic E-state index is 13.2. The maximum absolute atomic E-state index is 13.2. The summed E-state index contributed by atoms with van der Waals surface area (Å²) in [5.41, 5.74) is 6.72. The molecule has 1 heterocycles. The Morgan fingerprint density at radius 3 is 2.60 bits per heavy atom. The van der Waals surface area contributed by atoms with Gasteiger partial charge in [-0.05, 0) is 49.5 Å². The van der Waals surface area contributed by atoms with Gasteiger partial charge in [-0.3, -0.25) is 0 Å². The van der Waals surface area contributed by atoms with Crippen molar-refractivity contribution in [1.29, 1.82) is 0 Å². The van der Waals surface area contributed by atoms with Gasteiger partial charge in [0.15, 0.2) is 11.6 Å². The molecule has 1 fully saturated rings. The summed E-state index contributed by atoms with van der Waals surface area (Å²) in [6, 6.07) is 3.59. The van der Waals surface area contributed by atoms with Crippen molar-refractivity contribution in [3.05, 3.63) is 35.4 Å². The summed E-state index contributed by atoms with van der Waals surface area (Å²) < 4.78 is 31.3. The van der Waals surface area contributed by atoms with Gasteiger partial charge in [0, 0.05) is 26.3 Å². The Hall–Kier alpha value is -1.04. The molecule has 1 aliphatic heterocycles. The molecule has 0 amide bonds. The molecule has 1 aromatic carbocycles. The lowest BCUT2D eigenvalue weighted by molar-refractivity contribution is 0.0971. The van der Waals surface area contributed by atoms with Gasteiger partial charge in [-0.15, -0.1) is 0 Å². The number of benzene rings is 1. The van der Waals surface area contributed by atoms with E-state index < -0.39 is 11.6 Å². The Labute approximate surface area is 118 Å². The molecule has 2 rings (SSSR count). The van der Waals surface area contributed by atoms with Gasteiger partial charge in [-0.2, -0.15) is 0 Å². The van der Waals surface area contributed by atoms with Crippen LogP contribution in [0.5, 0.6) is 0 Å². The second-order valence-corrected chi connectivity index (χ2v) is 5.48. The number of likely N-dealkylation sites (tertiary alicyclic amines) is 1. The normalized spacial score (nSPS) is 19.2. The average Bonchev–Trinajstić information content (AvgIpc) is 2.44. The molecule has 0 aromatic heterocycles. The second-order valence-electron chi connectivity index (χ2n) is 5.48. The van der Waals surface area contributed by atoms with E-state index in [-0.39, 0.29) is 6.04 Å². The van der Waals surface area contributed by atoms with Gasteiger partial charge in [-0.25, -0.2) is 8.78 Å². The van der Waals surface area contributed by atoms with Gasteiger partial charge >= 0.3 is 0 Å². The molecule has 1 atom stereocenters. The number of piperidine rings is 1. The lowest BCUT2D eigenvalue weighted by Gasteiger charge is -2.33. The lowest BCUT2D eigenvalue weighted by Crippen LogP contribution is -2.39. The van der Waals surface area contributed by atoms with Crippen LogP contribution in [0.3, 0.4) is 0 Å². The number of halogens is 2. The SMILES string of the molecule is COCC1CCN(CC(N)c2ccc(F)c(F)c2)CC1. The monoisotopic (exact) mass is 284 g/mol. The smallest absolute Gasteiger partial charge is 0.159 e. The zero-order valence-corrected chi connectivity index (χ0v) is 11.8. The molecule has 1 unspecified atom stereocenters. The Morgan fingerprint density at radius 2 is 2.00 bits per heavy atom. The van der Waals surface area contributed by atoms with Gasteiger partial charge in [-0.1, -0.05) is 6.07 Å². The van der Waals surface area contributed by atoms with E-state index in [4.69, 9.17) is 10.5 Å². The van der Waals surface area contributed by atoms with Crippen molar-refractivity contribution < 1.29 is 13.5 Å². The third-order valence-corrected chi connectivity index (χ3v) is 3.94. The van der Waals surface area contributed by atoms with Gasteiger partial charge in [0.1, 0.15) is 0 Å². The Balaban J connectivity index is 1.85. The molecule has 0 aliphatic carbocycles. The predicted molar refractivity (Wildman–Crippen MR) is 74.3 cm³/mol. The minimum Gasteiger partial charge on any atom is -0.384 e. The van der Waals surface area contributed by atoms with Crippen LogP contribution in [0.2, 0.25) is 0 Å². The van der Waals surface area contributed by atoms with E-state index >= 15 is 0 Å². The molecule has 1 aliphatic rings. The molecule has 5 heteroatoms. The van der Waals surface area contributed by atoms with Crippen molar-refractivity contribution >= 4 is 0 Å². The first-order valence-corrected chi connectivity index (χ1v) is 7.02. The summed E-state index contributed by atoms with van der Waals surface area (Å²) in [4.78, 5) is 2.28. The van der Waals surface area contributed by atoms with Gasteiger partial charge in [0.25, 0.3) is 0 Å². The standard InChI is InChI=1S/C15H22F2N2O/c1-20-10-11-4-6-19(7-5-11)9-15(18)12-2-3-13(16)14(17)8-12/h2-3,8,11,15H,4-7,9-10,18H2,1H3. The summed E-state index contributed by atoms with van der Waals surface area (Å²) in [5, 5.41) is 0. The van der Waals surface area contributed by atoms with Crippen LogP contribution in [-0.2, 0) is 4.74 Å². The highest BCUT2D eigenvalue weighted by Gasteiger charge is 2.21. The van der Waals surface area contributed by atoms with Crippen LogP contribution in [0.25, 0.3) is 0 Å². The van der Waals surface area contributed by atoms with E-state index in [0.717, 1.165) is 38.6 Å². The zero-order valence-electron chi connectivity index (χ0n) is 11.8. The van der Waals surface area contributed by atoms with Crippen molar-refractivity contribution in [2.45, 2.75) is 18.9 Å². The Kier molecular flexibility index (Phi) is 5.46. The molecule has 2 N–H and O–H groups in total. The first-order valence-electron chi connectivity index (χ1n) is 7.02. The van der Waals surface area contributed by atoms with Gasteiger partial charge < -0.3 is 15.4 Å². The fourth-order valence-electron chi connectivity index (χ4n) is 2.70. The number of hydrogen-bond donors (Lipinski definition) is 1. The van der Waals surface area contributed by atoms with Gasteiger partial charge in [0.2, 0.25) is 0 Å². The van der Waals surface area contributed by atoms with E-state index in [1.54, 1.807) is 13.2 Å². The van der Waals surface area contributed by atoms with E-state index in [9.17, 15) is 8.78 Å². The number of methoxy groups -OCH3 is 1. The third kappa shape index (κ3) is 3.98. The molecule has 0 bridgehead atoms. The molecular weight excluding hydrogens is 262 g/mol. The largest absolute Gasteiger partial charge is 0.384 e. The van der Waals surface area contributed by atoms with Crippen LogP contribution in [-0.4, -0.2) is 38.3 Å².